The van der Waals surface area contributed by atoms with Crippen molar-refractivity contribution < 1.29 is 24.2 Å². The summed E-state index contributed by atoms with van der Waals surface area (Å²) in [6, 6.07) is 21.5. The summed E-state index contributed by atoms with van der Waals surface area (Å²) in [4.78, 5) is 29.4. The summed E-state index contributed by atoms with van der Waals surface area (Å²) in [6.07, 6.45) is 1.55. The highest BCUT2D eigenvalue weighted by molar-refractivity contribution is 5.95. The monoisotopic (exact) mass is 565 g/mol. The summed E-state index contributed by atoms with van der Waals surface area (Å²) in [5, 5.41) is 17.3. The number of likely N-dealkylation sites (tertiary alicyclic amines) is 1. The number of carboxylic acid groups (broad SMARTS) is 1. The zero-order valence-electron chi connectivity index (χ0n) is 23.2. The van der Waals surface area contributed by atoms with E-state index in [2.05, 4.69) is 17.1 Å². The van der Waals surface area contributed by atoms with Crippen LogP contribution in [0.3, 0.4) is 0 Å². The van der Waals surface area contributed by atoms with Gasteiger partial charge in [0, 0.05) is 35.6 Å². The minimum absolute atomic E-state index is 0.0918. The summed E-state index contributed by atoms with van der Waals surface area (Å²) in [7, 11) is 0. The number of nitrogens with zero attached hydrogens (tertiary/aromatic N) is 4. The molecule has 1 amide bonds. The summed E-state index contributed by atoms with van der Waals surface area (Å²) in [5.41, 5.74) is 10.5. The van der Waals surface area contributed by atoms with Gasteiger partial charge in [-0.05, 0) is 60.2 Å². The maximum Gasteiger partial charge on any atom is 0.407 e. The van der Waals surface area contributed by atoms with Crippen LogP contribution in [0.1, 0.15) is 30.6 Å². The third kappa shape index (κ3) is 5.30. The first-order chi connectivity index (χ1) is 20.4. The van der Waals surface area contributed by atoms with Crippen LogP contribution in [-0.4, -0.2) is 56.5 Å². The Balaban J connectivity index is 1.37. The molecule has 1 saturated heterocycles. The van der Waals surface area contributed by atoms with Crippen molar-refractivity contribution in [3.8, 4) is 16.9 Å². The predicted octanol–water partition coefficient (Wildman–Crippen LogP) is 5.44. The Hall–Kier alpha value is -5.12. The van der Waals surface area contributed by atoms with E-state index in [0.717, 1.165) is 38.4 Å². The summed E-state index contributed by atoms with van der Waals surface area (Å²) < 4.78 is 13.3. The van der Waals surface area contributed by atoms with Crippen LogP contribution in [0.15, 0.2) is 72.9 Å². The fraction of sp³-hybridized carbons (Fsp3) is 0.250. The summed E-state index contributed by atoms with van der Waals surface area (Å²) in [6.45, 7) is 3.08. The average Bonchev–Trinajstić information content (AvgIpc) is 3.62. The number of esters is 1. The number of para-hydroxylation sites is 1. The third-order valence-electron chi connectivity index (χ3n) is 7.67. The number of hydrogen-bond acceptors (Lipinski definition) is 7. The molecule has 3 aromatic carbocycles. The molecule has 0 bridgehead atoms. The van der Waals surface area contributed by atoms with Crippen molar-refractivity contribution in [2.75, 3.05) is 25.4 Å². The highest BCUT2D eigenvalue weighted by Crippen LogP contribution is 2.33. The van der Waals surface area contributed by atoms with Crippen LogP contribution in [0.5, 0.6) is 5.75 Å². The van der Waals surface area contributed by atoms with Crippen molar-refractivity contribution in [3.63, 3.8) is 0 Å². The molecule has 1 fully saturated rings. The molecule has 1 aliphatic rings. The smallest absolute Gasteiger partial charge is 0.407 e. The van der Waals surface area contributed by atoms with Crippen LogP contribution in [0.2, 0.25) is 0 Å². The fourth-order valence-electron chi connectivity index (χ4n) is 5.56. The number of amides is 1. The molecule has 3 N–H and O–H groups in total. The van der Waals surface area contributed by atoms with Gasteiger partial charge >= 0.3 is 12.1 Å². The Kier molecular flexibility index (Phi) is 7.35. The zero-order valence-corrected chi connectivity index (χ0v) is 23.2. The van der Waals surface area contributed by atoms with Crippen LogP contribution >= 0.6 is 0 Å². The molecule has 0 spiro atoms. The molecule has 42 heavy (non-hydrogen) atoms. The molecule has 214 valence electrons. The number of nitrogens with two attached hydrogens (primary N) is 1. The average molecular weight is 566 g/mol. The van der Waals surface area contributed by atoms with E-state index in [9.17, 15) is 14.7 Å². The van der Waals surface area contributed by atoms with Crippen LogP contribution in [-0.2, 0) is 22.6 Å². The first kappa shape index (κ1) is 27.1. The van der Waals surface area contributed by atoms with E-state index in [1.165, 1.54) is 4.90 Å². The van der Waals surface area contributed by atoms with Gasteiger partial charge in [0.1, 0.15) is 23.9 Å². The Morgan fingerprint density at radius 2 is 1.83 bits per heavy atom. The van der Waals surface area contributed by atoms with E-state index in [-0.39, 0.29) is 25.0 Å². The Labute approximate surface area is 242 Å². The van der Waals surface area contributed by atoms with Crippen molar-refractivity contribution in [3.05, 3.63) is 84.2 Å². The molecular formula is C32H31N5O5. The van der Waals surface area contributed by atoms with Crippen molar-refractivity contribution >= 4 is 39.6 Å². The van der Waals surface area contributed by atoms with Crippen molar-refractivity contribution in [2.45, 2.75) is 32.4 Å². The lowest BCUT2D eigenvalue weighted by atomic mass is 10.00. The molecule has 1 aliphatic heterocycles. The molecule has 5 aromatic rings. The van der Waals surface area contributed by atoms with Gasteiger partial charge in [-0.25, -0.2) is 9.78 Å². The second kappa shape index (κ2) is 11.4. The van der Waals surface area contributed by atoms with Crippen molar-refractivity contribution in [2.24, 2.45) is 0 Å². The van der Waals surface area contributed by atoms with E-state index in [1.807, 2.05) is 59.3 Å². The number of hydrogen-bond donors (Lipinski definition) is 2. The first-order valence-corrected chi connectivity index (χ1v) is 13.9. The molecule has 3 heterocycles. The number of carbonyl (C=O) groups is 2. The lowest BCUT2D eigenvalue weighted by molar-refractivity contribution is -0.142. The van der Waals surface area contributed by atoms with Crippen LogP contribution in [0, 0.1) is 0 Å². The quantitative estimate of drug-likeness (QED) is 0.238. The van der Waals surface area contributed by atoms with Gasteiger partial charge in [0.2, 0.25) is 0 Å². The standard InChI is InChI=1S/C32H31N5O5/c1-2-41-30(38)17-23-5-3-4-6-29(23)42-19-27-26-16-22(21-8-7-20-11-13-34-31(33)25(20)15-21)9-10-28(26)37(35-27)24-12-14-36(18-24)32(39)40/h3-11,13,15-16,24H,2,12,14,17-19H2,1H3,(H2,33,34)(H,39,40). The van der Waals surface area contributed by atoms with Crippen LogP contribution < -0.4 is 10.5 Å². The largest absolute Gasteiger partial charge is 0.487 e. The molecular weight excluding hydrogens is 534 g/mol. The SMILES string of the molecule is CCOC(=O)Cc1ccccc1OCc1nn(C2CCN(C(=O)O)C2)c2ccc(-c3ccc4ccnc(N)c4c3)cc12. The number of fused-ring (bicyclic) bond motifs is 2. The Morgan fingerprint density at radius 3 is 2.62 bits per heavy atom. The van der Waals surface area contributed by atoms with Gasteiger partial charge < -0.3 is 25.2 Å². The number of nitrogen functional groups attached to an aromatic ring is 1. The number of benzene rings is 3. The van der Waals surface area contributed by atoms with Gasteiger partial charge in [0.25, 0.3) is 0 Å². The lowest BCUT2D eigenvalue weighted by Crippen LogP contribution is -2.27. The minimum Gasteiger partial charge on any atom is -0.487 e. The van der Waals surface area contributed by atoms with E-state index in [0.29, 0.717) is 43.4 Å². The van der Waals surface area contributed by atoms with Crippen LogP contribution in [0.4, 0.5) is 10.6 Å². The molecule has 10 heteroatoms. The number of ether oxygens (including phenoxy) is 2. The molecule has 2 aromatic heterocycles. The molecule has 10 nitrogen and oxygen atoms in total. The number of rotatable bonds is 8. The first-order valence-electron chi connectivity index (χ1n) is 13.9. The van der Waals surface area contributed by atoms with Crippen LogP contribution in [0.25, 0.3) is 32.8 Å². The minimum atomic E-state index is -0.928. The van der Waals surface area contributed by atoms with Gasteiger partial charge in [0.15, 0.2) is 0 Å². The van der Waals surface area contributed by atoms with E-state index < -0.39 is 6.09 Å². The fourth-order valence-corrected chi connectivity index (χ4v) is 5.56. The van der Waals surface area contributed by atoms with Gasteiger partial charge in [-0.2, -0.15) is 5.10 Å². The van der Waals surface area contributed by atoms with Gasteiger partial charge in [-0.1, -0.05) is 36.4 Å². The number of pyridine rings is 1. The highest BCUT2D eigenvalue weighted by Gasteiger charge is 2.29. The zero-order chi connectivity index (χ0) is 29.2. The maximum absolute atomic E-state index is 12.2. The molecule has 1 unspecified atom stereocenters. The summed E-state index contributed by atoms with van der Waals surface area (Å²) in [5.74, 6) is 0.742. The van der Waals surface area contributed by atoms with Gasteiger partial charge in [0.05, 0.1) is 24.6 Å². The molecule has 6 rings (SSSR count). The van der Waals surface area contributed by atoms with E-state index in [4.69, 9.17) is 20.3 Å². The summed E-state index contributed by atoms with van der Waals surface area (Å²) >= 11 is 0. The second-order valence-corrected chi connectivity index (χ2v) is 10.3. The lowest BCUT2D eigenvalue weighted by Gasteiger charge is -2.14. The normalized spacial score (nSPS) is 14.9. The maximum atomic E-state index is 12.2. The number of anilines is 1. The Morgan fingerprint density at radius 1 is 1.05 bits per heavy atom. The predicted molar refractivity (Wildman–Crippen MR) is 159 cm³/mol. The van der Waals surface area contributed by atoms with Crippen molar-refractivity contribution in [1.29, 1.82) is 0 Å². The number of aromatic nitrogens is 3. The molecule has 1 atom stereocenters. The Bertz CT molecular complexity index is 1800. The molecule has 0 saturated carbocycles. The second-order valence-electron chi connectivity index (χ2n) is 10.3. The van der Waals surface area contributed by atoms with Gasteiger partial charge in [-0.3, -0.25) is 9.48 Å². The third-order valence-corrected chi connectivity index (χ3v) is 7.67. The van der Waals surface area contributed by atoms with Crippen molar-refractivity contribution in [1.82, 2.24) is 19.7 Å². The van der Waals surface area contributed by atoms with E-state index >= 15 is 0 Å². The topological polar surface area (TPSA) is 133 Å². The molecule has 0 aliphatic carbocycles. The van der Waals surface area contributed by atoms with Gasteiger partial charge in [-0.15, -0.1) is 0 Å². The number of carbonyl (C=O) groups excluding carboxylic acids is 1. The highest BCUT2D eigenvalue weighted by atomic mass is 16.5. The molecule has 0 radical (unpaired) electrons. The van der Waals surface area contributed by atoms with E-state index in [1.54, 1.807) is 13.1 Å².